The van der Waals surface area contributed by atoms with Gasteiger partial charge in [-0.05, 0) is 12.8 Å². The number of nitrogens with zero attached hydrogens (tertiary/aromatic N) is 2. The summed E-state index contributed by atoms with van der Waals surface area (Å²) >= 11 is 0. The van der Waals surface area contributed by atoms with Crippen molar-refractivity contribution in [3.8, 4) is 0 Å². The number of hydrogen-bond donors (Lipinski definition) is 1. The highest BCUT2D eigenvalue weighted by Gasteiger charge is 2.02. The minimum Gasteiger partial charge on any atom is -0.385 e. The van der Waals surface area contributed by atoms with Crippen LogP contribution in [0.4, 0.5) is 5.82 Å². The third kappa shape index (κ3) is 3.83. The minimum absolute atomic E-state index is 0.759. The van der Waals surface area contributed by atoms with Gasteiger partial charge in [-0.3, -0.25) is 0 Å². The van der Waals surface area contributed by atoms with Crippen molar-refractivity contribution in [1.29, 1.82) is 0 Å². The van der Waals surface area contributed by atoms with E-state index in [2.05, 4.69) is 22.2 Å². The summed E-state index contributed by atoms with van der Waals surface area (Å²) in [6.07, 6.45) is 2.78. The van der Waals surface area contributed by atoms with Crippen LogP contribution in [0, 0.1) is 0 Å². The molecule has 1 rings (SSSR count). The van der Waals surface area contributed by atoms with Gasteiger partial charge in [-0.2, -0.15) is 0 Å². The molecule has 0 aliphatic rings. The molecule has 1 aromatic heterocycles. The Morgan fingerprint density at radius 1 is 1.40 bits per heavy atom. The van der Waals surface area contributed by atoms with Crippen molar-refractivity contribution in [1.82, 2.24) is 9.97 Å². The Balaban J connectivity index is 2.68. The van der Waals surface area contributed by atoms with Gasteiger partial charge in [-0.15, -0.1) is 0 Å². The molecule has 0 aliphatic heterocycles. The van der Waals surface area contributed by atoms with E-state index in [1.807, 2.05) is 13.1 Å². The molecule has 0 atom stereocenters. The quantitative estimate of drug-likeness (QED) is 0.724. The first-order valence-electron chi connectivity index (χ1n) is 5.33. The smallest absolute Gasteiger partial charge is 0.131 e. The molecule has 0 amide bonds. The Hall–Kier alpha value is -1.16. The second-order valence-corrected chi connectivity index (χ2v) is 3.36. The summed E-state index contributed by atoms with van der Waals surface area (Å²) in [5.41, 5.74) is 1.08. The lowest BCUT2D eigenvalue weighted by Gasteiger charge is -2.06. The summed E-state index contributed by atoms with van der Waals surface area (Å²) in [4.78, 5) is 8.86. The maximum absolute atomic E-state index is 5.01. The van der Waals surface area contributed by atoms with Gasteiger partial charge in [0.1, 0.15) is 11.6 Å². The van der Waals surface area contributed by atoms with Crippen molar-refractivity contribution < 1.29 is 4.74 Å². The van der Waals surface area contributed by atoms with Gasteiger partial charge >= 0.3 is 0 Å². The standard InChI is InChI=1S/C11H19N3O/c1-4-9-8-11(12-2)14-10(13-9)6-5-7-15-3/h8H,4-7H2,1-3H3,(H,12,13,14). The minimum atomic E-state index is 0.759. The van der Waals surface area contributed by atoms with Crippen molar-refractivity contribution in [2.45, 2.75) is 26.2 Å². The van der Waals surface area contributed by atoms with Crippen LogP contribution in [-0.4, -0.2) is 30.7 Å². The molecule has 0 spiro atoms. The summed E-state index contributed by atoms with van der Waals surface area (Å²) < 4.78 is 5.01. The van der Waals surface area contributed by atoms with Crippen molar-refractivity contribution in [2.24, 2.45) is 0 Å². The molecular weight excluding hydrogens is 190 g/mol. The molecule has 1 aromatic rings. The summed E-state index contributed by atoms with van der Waals surface area (Å²) in [7, 11) is 3.59. The van der Waals surface area contributed by atoms with E-state index < -0.39 is 0 Å². The van der Waals surface area contributed by atoms with E-state index in [0.29, 0.717) is 0 Å². The van der Waals surface area contributed by atoms with E-state index in [9.17, 15) is 0 Å². The molecule has 0 saturated carbocycles. The van der Waals surface area contributed by atoms with Crippen LogP contribution < -0.4 is 5.32 Å². The average molecular weight is 209 g/mol. The van der Waals surface area contributed by atoms with Gasteiger partial charge in [0.05, 0.1) is 0 Å². The van der Waals surface area contributed by atoms with Crippen LogP contribution in [0.3, 0.4) is 0 Å². The second-order valence-electron chi connectivity index (χ2n) is 3.36. The average Bonchev–Trinajstić information content (AvgIpc) is 2.29. The fourth-order valence-corrected chi connectivity index (χ4v) is 1.35. The first-order valence-corrected chi connectivity index (χ1v) is 5.33. The molecule has 4 nitrogen and oxygen atoms in total. The number of aromatic nitrogens is 2. The third-order valence-electron chi connectivity index (χ3n) is 2.19. The Bertz CT molecular complexity index is 280. The number of methoxy groups -OCH3 is 1. The maximum atomic E-state index is 5.01. The SMILES string of the molecule is CCc1cc(NC)nc(CCCOC)n1. The van der Waals surface area contributed by atoms with E-state index in [1.165, 1.54) is 0 Å². The molecule has 0 radical (unpaired) electrons. The van der Waals surface area contributed by atoms with Crippen molar-refractivity contribution >= 4 is 5.82 Å². The van der Waals surface area contributed by atoms with Crippen molar-refractivity contribution in [2.75, 3.05) is 26.1 Å². The maximum Gasteiger partial charge on any atom is 0.131 e. The van der Waals surface area contributed by atoms with Crippen LogP contribution in [0.25, 0.3) is 0 Å². The van der Waals surface area contributed by atoms with E-state index in [0.717, 1.165) is 43.2 Å². The topological polar surface area (TPSA) is 47.0 Å². The zero-order valence-electron chi connectivity index (χ0n) is 9.71. The number of nitrogens with one attached hydrogen (secondary N) is 1. The first kappa shape index (κ1) is 11.9. The van der Waals surface area contributed by atoms with Gasteiger partial charge in [0.15, 0.2) is 0 Å². The predicted molar refractivity (Wildman–Crippen MR) is 61.2 cm³/mol. The normalized spacial score (nSPS) is 10.3. The molecule has 0 fully saturated rings. The highest BCUT2D eigenvalue weighted by molar-refractivity contribution is 5.35. The van der Waals surface area contributed by atoms with Gasteiger partial charge in [0.2, 0.25) is 0 Å². The van der Waals surface area contributed by atoms with Gasteiger partial charge in [-0.1, -0.05) is 6.92 Å². The highest BCUT2D eigenvalue weighted by Crippen LogP contribution is 2.08. The lowest BCUT2D eigenvalue weighted by molar-refractivity contribution is 0.194. The largest absolute Gasteiger partial charge is 0.385 e. The molecule has 15 heavy (non-hydrogen) atoms. The third-order valence-corrected chi connectivity index (χ3v) is 2.19. The first-order chi connectivity index (χ1) is 7.30. The molecule has 1 N–H and O–H groups in total. The van der Waals surface area contributed by atoms with Crippen LogP contribution in [-0.2, 0) is 17.6 Å². The van der Waals surface area contributed by atoms with Crippen LogP contribution in [0.15, 0.2) is 6.07 Å². The number of anilines is 1. The number of rotatable bonds is 6. The molecule has 4 heteroatoms. The molecule has 0 aliphatic carbocycles. The predicted octanol–water partition coefficient (Wildman–Crippen LogP) is 1.66. The fraction of sp³-hybridized carbons (Fsp3) is 0.636. The Morgan fingerprint density at radius 2 is 2.20 bits per heavy atom. The van der Waals surface area contributed by atoms with E-state index in [4.69, 9.17) is 4.74 Å². The van der Waals surface area contributed by atoms with Crippen molar-refractivity contribution in [3.05, 3.63) is 17.6 Å². The lowest BCUT2D eigenvalue weighted by Crippen LogP contribution is -2.04. The van der Waals surface area contributed by atoms with Crippen LogP contribution in [0.5, 0.6) is 0 Å². The number of aryl methyl sites for hydroxylation is 2. The van der Waals surface area contributed by atoms with E-state index >= 15 is 0 Å². The lowest BCUT2D eigenvalue weighted by atomic mass is 10.2. The summed E-state index contributed by atoms with van der Waals surface area (Å²) in [6, 6.07) is 1.99. The molecule has 0 bridgehead atoms. The molecule has 0 aromatic carbocycles. The zero-order chi connectivity index (χ0) is 11.1. The molecular formula is C11H19N3O. The fourth-order valence-electron chi connectivity index (χ4n) is 1.35. The van der Waals surface area contributed by atoms with Gasteiger partial charge in [0.25, 0.3) is 0 Å². The van der Waals surface area contributed by atoms with Gasteiger partial charge < -0.3 is 10.1 Å². The summed E-state index contributed by atoms with van der Waals surface area (Å²) in [6.45, 7) is 2.86. The van der Waals surface area contributed by atoms with Gasteiger partial charge in [0, 0.05) is 38.9 Å². The van der Waals surface area contributed by atoms with E-state index in [1.54, 1.807) is 7.11 Å². The number of hydrogen-bond acceptors (Lipinski definition) is 4. The molecule has 0 unspecified atom stereocenters. The summed E-state index contributed by atoms with van der Waals surface area (Å²) in [5.74, 6) is 1.80. The zero-order valence-corrected chi connectivity index (χ0v) is 9.71. The Morgan fingerprint density at radius 3 is 2.80 bits per heavy atom. The van der Waals surface area contributed by atoms with Gasteiger partial charge in [-0.25, -0.2) is 9.97 Å². The van der Waals surface area contributed by atoms with Crippen molar-refractivity contribution in [3.63, 3.8) is 0 Å². The Kier molecular flexibility index (Phi) is 5.04. The number of ether oxygens (including phenoxy) is 1. The van der Waals surface area contributed by atoms with Crippen LogP contribution in [0.2, 0.25) is 0 Å². The summed E-state index contributed by atoms with van der Waals surface area (Å²) in [5, 5.41) is 3.05. The highest BCUT2D eigenvalue weighted by atomic mass is 16.5. The van der Waals surface area contributed by atoms with E-state index in [-0.39, 0.29) is 0 Å². The van der Waals surface area contributed by atoms with Crippen LogP contribution >= 0.6 is 0 Å². The second kappa shape index (κ2) is 6.35. The molecule has 1 heterocycles. The monoisotopic (exact) mass is 209 g/mol. The molecule has 0 saturated heterocycles. The molecule has 84 valence electrons. The van der Waals surface area contributed by atoms with Crippen LogP contribution in [0.1, 0.15) is 24.9 Å². The Labute approximate surface area is 91.1 Å².